The first kappa shape index (κ1) is 27.9. The molecule has 0 unspecified atom stereocenters. The second-order valence-corrected chi connectivity index (χ2v) is 9.88. The molecule has 9 heteroatoms. The second-order valence-electron chi connectivity index (χ2n) is 8.90. The molecule has 2 amide bonds. The van der Waals surface area contributed by atoms with Gasteiger partial charge in [0, 0.05) is 42.5 Å². The molecule has 0 bridgehead atoms. The fraction of sp³-hybridized carbons (Fsp3) is 0.286. The van der Waals surface area contributed by atoms with Crippen molar-refractivity contribution in [3.05, 3.63) is 111 Å². The van der Waals surface area contributed by atoms with Gasteiger partial charge in [0.05, 0.1) is 10.7 Å². The highest BCUT2D eigenvalue weighted by atomic mass is 32.2. The normalized spacial score (nSPS) is 11.7. The van der Waals surface area contributed by atoms with Gasteiger partial charge in [-0.3, -0.25) is 19.7 Å². The Balaban J connectivity index is 1.83. The molecule has 1 atom stereocenters. The number of rotatable bonds is 12. The zero-order chi connectivity index (χ0) is 26.8. The molecule has 3 aromatic rings. The number of nitrogens with one attached hydrogen (secondary N) is 1. The van der Waals surface area contributed by atoms with Gasteiger partial charge in [0.15, 0.2) is 0 Å². The fourth-order valence-corrected chi connectivity index (χ4v) is 4.67. The van der Waals surface area contributed by atoms with E-state index in [-0.39, 0.29) is 42.3 Å². The Hall–Kier alpha value is -3.72. The molecule has 37 heavy (non-hydrogen) atoms. The van der Waals surface area contributed by atoms with Crippen molar-refractivity contribution in [2.45, 2.75) is 44.6 Å². The second kappa shape index (κ2) is 13.5. The number of non-ortho nitro benzene ring substituents is 1. The van der Waals surface area contributed by atoms with E-state index < -0.39 is 16.8 Å². The highest BCUT2D eigenvalue weighted by Gasteiger charge is 2.31. The van der Waals surface area contributed by atoms with Crippen molar-refractivity contribution < 1.29 is 18.9 Å². The summed E-state index contributed by atoms with van der Waals surface area (Å²) in [5.41, 5.74) is 2.05. The SMILES string of the molecule is CC(C)NC(=O)[C@@H](Cc1ccccc1)N(Cc1ccccc1F)C(=O)CSCc1ccc([N+](=O)[O-])cc1. The summed E-state index contributed by atoms with van der Waals surface area (Å²) in [5.74, 6) is -0.523. The average molecular weight is 524 g/mol. The van der Waals surface area contributed by atoms with Crippen LogP contribution < -0.4 is 5.32 Å². The van der Waals surface area contributed by atoms with Crippen molar-refractivity contribution in [3.63, 3.8) is 0 Å². The Morgan fingerprint density at radius 1 is 0.973 bits per heavy atom. The molecule has 0 heterocycles. The minimum absolute atomic E-state index is 0.000748. The summed E-state index contributed by atoms with van der Waals surface area (Å²) in [5, 5.41) is 13.8. The van der Waals surface area contributed by atoms with Crippen LogP contribution in [0, 0.1) is 15.9 Å². The van der Waals surface area contributed by atoms with Crippen LogP contribution in [0.2, 0.25) is 0 Å². The summed E-state index contributed by atoms with van der Waals surface area (Å²) in [7, 11) is 0. The lowest BCUT2D eigenvalue weighted by Crippen LogP contribution is -2.52. The van der Waals surface area contributed by atoms with Crippen LogP contribution in [-0.4, -0.2) is 39.5 Å². The van der Waals surface area contributed by atoms with Gasteiger partial charge in [-0.05, 0) is 31.0 Å². The Morgan fingerprint density at radius 2 is 1.62 bits per heavy atom. The number of benzene rings is 3. The molecule has 194 valence electrons. The van der Waals surface area contributed by atoms with Crippen LogP contribution in [0.3, 0.4) is 0 Å². The molecule has 0 aromatic heterocycles. The number of carbonyl (C=O) groups excluding carboxylic acids is 2. The van der Waals surface area contributed by atoms with E-state index in [1.54, 1.807) is 30.3 Å². The van der Waals surface area contributed by atoms with Gasteiger partial charge in [0.2, 0.25) is 11.8 Å². The molecule has 0 radical (unpaired) electrons. The van der Waals surface area contributed by atoms with Gasteiger partial charge >= 0.3 is 0 Å². The number of halogens is 1. The molecule has 0 aliphatic heterocycles. The Morgan fingerprint density at radius 3 is 2.24 bits per heavy atom. The Bertz CT molecular complexity index is 1210. The summed E-state index contributed by atoms with van der Waals surface area (Å²) in [4.78, 5) is 38.7. The third kappa shape index (κ3) is 8.42. The summed E-state index contributed by atoms with van der Waals surface area (Å²) in [6.07, 6.45) is 0.284. The van der Waals surface area contributed by atoms with Crippen molar-refractivity contribution in [1.82, 2.24) is 10.2 Å². The Kier molecular flexibility index (Phi) is 10.2. The van der Waals surface area contributed by atoms with Gasteiger partial charge in [0.1, 0.15) is 11.9 Å². The first-order valence-corrected chi connectivity index (χ1v) is 13.1. The summed E-state index contributed by atoms with van der Waals surface area (Å²) in [6.45, 7) is 3.65. The van der Waals surface area contributed by atoms with Crippen LogP contribution in [0.1, 0.15) is 30.5 Å². The van der Waals surface area contributed by atoms with Crippen LogP contribution in [-0.2, 0) is 28.3 Å². The van der Waals surface area contributed by atoms with Crippen molar-refractivity contribution >= 4 is 29.3 Å². The minimum Gasteiger partial charge on any atom is -0.352 e. The van der Waals surface area contributed by atoms with Gasteiger partial charge < -0.3 is 10.2 Å². The smallest absolute Gasteiger partial charge is 0.269 e. The molecule has 0 saturated carbocycles. The first-order chi connectivity index (χ1) is 17.7. The minimum atomic E-state index is -0.836. The predicted molar refractivity (Wildman–Crippen MR) is 143 cm³/mol. The van der Waals surface area contributed by atoms with Gasteiger partial charge in [0.25, 0.3) is 5.69 Å². The third-order valence-corrected chi connectivity index (χ3v) is 6.63. The van der Waals surface area contributed by atoms with E-state index in [1.165, 1.54) is 34.9 Å². The first-order valence-electron chi connectivity index (χ1n) is 11.9. The van der Waals surface area contributed by atoms with Crippen LogP contribution in [0.15, 0.2) is 78.9 Å². The summed E-state index contributed by atoms with van der Waals surface area (Å²) >= 11 is 1.33. The highest BCUT2D eigenvalue weighted by Crippen LogP contribution is 2.21. The van der Waals surface area contributed by atoms with E-state index in [1.807, 2.05) is 44.2 Å². The molecule has 0 fully saturated rings. The summed E-state index contributed by atoms with van der Waals surface area (Å²) < 4.78 is 14.6. The maximum Gasteiger partial charge on any atom is 0.269 e. The Labute approximate surface area is 220 Å². The van der Waals surface area contributed by atoms with Crippen molar-refractivity contribution in [1.29, 1.82) is 0 Å². The molecule has 0 aliphatic carbocycles. The van der Waals surface area contributed by atoms with Gasteiger partial charge in [-0.1, -0.05) is 60.7 Å². The quantitative estimate of drug-likeness (QED) is 0.262. The predicted octanol–water partition coefficient (Wildman–Crippen LogP) is 5.13. The van der Waals surface area contributed by atoms with E-state index in [4.69, 9.17) is 0 Å². The molecule has 0 saturated heterocycles. The number of nitrogens with zero attached hydrogens (tertiary/aromatic N) is 2. The van der Waals surface area contributed by atoms with Gasteiger partial charge in [-0.25, -0.2) is 4.39 Å². The molecule has 3 aromatic carbocycles. The number of nitro benzene ring substituents is 1. The zero-order valence-corrected chi connectivity index (χ0v) is 21.6. The molecule has 1 N–H and O–H groups in total. The van der Waals surface area contributed by atoms with E-state index in [2.05, 4.69) is 5.32 Å². The molecule has 0 aliphatic rings. The monoisotopic (exact) mass is 523 g/mol. The molecule has 7 nitrogen and oxygen atoms in total. The van der Waals surface area contributed by atoms with Crippen molar-refractivity contribution in [2.75, 3.05) is 5.75 Å². The van der Waals surface area contributed by atoms with Crippen LogP contribution >= 0.6 is 11.8 Å². The largest absolute Gasteiger partial charge is 0.352 e. The lowest BCUT2D eigenvalue weighted by molar-refractivity contribution is -0.384. The third-order valence-electron chi connectivity index (χ3n) is 5.64. The lowest BCUT2D eigenvalue weighted by Gasteiger charge is -2.32. The molecule has 0 spiro atoms. The number of carbonyl (C=O) groups is 2. The van der Waals surface area contributed by atoms with E-state index in [0.717, 1.165) is 11.1 Å². The van der Waals surface area contributed by atoms with E-state index in [0.29, 0.717) is 11.3 Å². The maximum atomic E-state index is 14.6. The van der Waals surface area contributed by atoms with Crippen LogP contribution in [0.4, 0.5) is 10.1 Å². The van der Waals surface area contributed by atoms with Gasteiger partial charge in [-0.15, -0.1) is 11.8 Å². The zero-order valence-electron chi connectivity index (χ0n) is 20.8. The number of hydrogen-bond donors (Lipinski definition) is 1. The number of thioether (sulfide) groups is 1. The molecule has 3 rings (SSSR count). The fourth-order valence-electron chi connectivity index (χ4n) is 3.80. The van der Waals surface area contributed by atoms with Crippen molar-refractivity contribution in [3.8, 4) is 0 Å². The van der Waals surface area contributed by atoms with Crippen LogP contribution in [0.25, 0.3) is 0 Å². The molecular weight excluding hydrogens is 493 g/mol. The highest BCUT2D eigenvalue weighted by molar-refractivity contribution is 7.99. The number of hydrogen-bond acceptors (Lipinski definition) is 5. The summed E-state index contributed by atoms with van der Waals surface area (Å²) in [6, 6.07) is 20.8. The molecular formula is C28H30FN3O4S. The average Bonchev–Trinajstić information content (AvgIpc) is 2.87. The van der Waals surface area contributed by atoms with Crippen molar-refractivity contribution in [2.24, 2.45) is 0 Å². The number of nitro groups is 1. The lowest BCUT2D eigenvalue weighted by atomic mass is 10.0. The number of amides is 2. The van der Waals surface area contributed by atoms with E-state index in [9.17, 15) is 24.1 Å². The van der Waals surface area contributed by atoms with Crippen LogP contribution in [0.5, 0.6) is 0 Å². The topological polar surface area (TPSA) is 92.6 Å². The standard InChI is InChI=1S/C28H30FN3O4S/c1-20(2)30-28(34)26(16-21-8-4-3-5-9-21)31(17-23-10-6-7-11-25(23)29)27(33)19-37-18-22-12-14-24(15-13-22)32(35)36/h3-15,20,26H,16-19H2,1-2H3,(H,30,34)/t26-/m1/s1. The van der Waals surface area contributed by atoms with Gasteiger partial charge in [-0.2, -0.15) is 0 Å². The van der Waals surface area contributed by atoms with E-state index >= 15 is 0 Å². The maximum absolute atomic E-state index is 14.6.